The minimum atomic E-state index is 0.537. The van der Waals surface area contributed by atoms with Crippen molar-refractivity contribution in [3.05, 3.63) is 16.1 Å². The molecular weight excluding hydrogens is 204 g/mol. The second kappa shape index (κ2) is 4.22. The zero-order valence-corrected chi connectivity index (χ0v) is 10.7. The number of nitrogens with zero attached hydrogens (tertiary/aromatic N) is 1. The Bertz CT molecular complexity index is 330. The summed E-state index contributed by atoms with van der Waals surface area (Å²) >= 11 is 1.74. The van der Waals surface area contributed by atoms with E-state index in [2.05, 4.69) is 36.5 Å². The van der Waals surface area contributed by atoms with Gasteiger partial charge in [-0.3, -0.25) is 0 Å². The summed E-state index contributed by atoms with van der Waals surface area (Å²) in [6.45, 7) is 7.72. The summed E-state index contributed by atoms with van der Waals surface area (Å²) in [6, 6.07) is 0.696. The van der Waals surface area contributed by atoms with E-state index in [1.165, 1.54) is 30.0 Å². The zero-order valence-electron chi connectivity index (χ0n) is 9.84. The summed E-state index contributed by atoms with van der Waals surface area (Å²) in [5.74, 6) is 0. The molecule has 1 N–H and O–H groups in total. The van der Waals surface area contributed by atoms with E-state index in [1.54, 1.807) is 11.3 Å². The molecule has 1 aromatic heterocycles. The van der Waals surface area contributed by atoms with Crippen molar-refractivity contribution in [2.45, 2.75) is 52.6 Å². The molecule has 0 amide bonds. The summed E-state index contributed by atoms with van der Waals surface area (Å²) < 4.78 is 0. The Labute approximate surface area is 96.1 Å². The molecule has 15 heavy (non-hydrogen) atoms. The number of thiazole rings is 1. The standard InChI is InChI=1S/C12H20N2S/c1-9-14-11(8-15-9)7-13-10-4-5-12(2,3)6-10/h8,10,13H,4-7H2,1-3H3. The number of rotatable bonds is 3. The van der Waals surface area contributed by atoms with Gasteiger partial charge in [0, 0.05) is 18.0 Å². The van der Waals surface area contributed by atoms with Gasteiger partial charge >= 0.3 is 0 Å². The topological polar surface area (TPSA) is 24.9 Å². The minimum Gasteiger partial charge on any atom is -0.308 e. The predicted octanol–water partition coefficient (Wildman–Crippen LogP) is 3.12. The second-order valence-electron chi connectivity index (χ2n) is 5.34. The summed E-state index contributed by atoms with van der Waals surface area (Å²) in [5.41, 5.74) is 1.73. The van der Waals surface area contributed by atoms with Crippen molar-refractivity contribution in [1.82, 2.24) is 10.3 Å². The molecule has 0 spiro atoms. The van der Waals surface area contributed by atoms with Crippen molar-refractivity contribution in [2.24, 2.45) is 5.41 Å². The molecule has 1 atom stereocenters. The lowest BCUT2D eigenvalue weighted by molar-refractivity contribution is 0.364. The largest absolute Gasteiger partial charge is 0.308 e. The van der Waals surface area contributed by atoms with Gasteiger partial charge in [-0.1, -0.05) is 13.8 Å². The van der Waals surface area contributed by atoms with Crippen molar-refractivity contribution in [3.8, 4) is 0 Å². The molecule has 1 fully saturated rings. The lowest BCUT2D eigenvalue weighted by Gasteiger charge is -2.17. The lowest BCUT2D eigenvalue weighted by Crippen LogP contribution is -2.26. The Morgan fingerprint density at radius 2 is 2.40 bits per heavy atom. The van der Waals surface area contributed by atoms with Gasteiger partial charge < -0.3 is 5.32 Å². The van der Waals surface area contributed by atoms with Gasteiger partial charge in [0.15, 0.2) is 0 Å². The molecule has 1 saturated carbocycles. The summed E-state index contributed by atoms with van der Waals surface area (Å²) in [6.07, 6.45) is 3.97. The van der Waals surface area contributed by atoms with Crippen LogP contribution in [0.5, 0.6) is 0 Å². The molecule has 1 aromatic rings. The van der Waals surface area contributed by atoms with E-state index in [9.17, 15) is 0 Å². The van der Waals surface area contributed by atoms with Crippen molar-refractivity contribution >= 4 is 11.3 Å². The maximum Gasteiger partial charge on any atom is 0.0897 e. The fraction of sp³-hybridized carbons (Fsp3) is 0.750. The Morgan fingerprint density at radius 1 is 1.60 bits per heavy atom. The normalized spacial score (nSPS) is 24.6. The van der Waals surface area contributed by atoms with E-state index in [0.29, 0.717) is 11.5 Å². The highest BCUT2D eigenvalue weighted by Crippen LogP contribution is 2.36. The van der Waals surface area contributed by atoms with Crippen LogP contribution in [0.3, 0.4) is 0 Å². The predicted molar refractivity (Wildman–Crippen MR) is 65.1 cm³/mol. The first kappa shape index (κ1) is 11.1. The highest BCUT2D eigenvalue weighted by Gasteiger charge is 2.30. The molecule has 3 heteroatoms. The molecule has 84 valence electrons. The maximum absolute atomic E-state index is 4.46. The van der Waals surface area contributed by atoms with E-state index < -0.39 is 0 Å². The van der Waals surface area contributed by atoms with Crippen LogP contribution >= 0.6 is 11.3 Å². The Kier molecular flexibility index (Phi) is 3.12. The lowest BCUT2D eigenvalue weighted by atomic mass is 9.92. The summed E-state index contributed by atoms with van der Waals surface area (Å²) in [7, 11) is 0. The molecule has 1 heterocycles. The van der Waals surface area contributed by atoms with Gasteiger partial charge in [-0.2, -0.15) is 0 Å². The average Bonchev–Trinajstić information content (AvgIpc) is 2.69. The summed E-state index contributed by atoms with van der Waals surface area (Å²) in [4.78, 5) is 4.46. The van der Waals surface area contributed by atoms with Crippen LogP contribution in [0.1, 0.15) is 43.8 Å². The van der Waals surface area contributed by atoms with E-state index in [4.69, 9.17) is 0 Å². The molecule has 1 aliphatic carbocycles. The molecule has 0 saturated heterocycles. The first-order valence-electron chi connectivity index (χ1n) is 5.70. The molecule has 1 unspecified atom stereocenters. The number of hydrogen-bond acceptors (Lipinski definition) is 3. The van der Waals surface area contributed by atoms with Crippen LogP contribution < -0.4 is 5.32 Å². The zero-order chi connectivity index (χ0) is 10.9. The Balaban J connectivity index is 1.80. The first-order chi connectivity index (χ1) is 7.05. The van der Waals surface area contributed by atoms with Crippen LogP contribution in [0.2, 0.25) is 0 Å². The fourth-order valence-electron chi connectivity index (χ4n) is 2.35. The van der Waals surface area contributed by atoms with Crippen LogP contribution in [-0.2, 0) is 6.54 Å². The highest BCUT2D eigenvalue weighted by atomic mass is 32.1. The highest BCUT2D eigenvalue weighted by molar-refractivity contribution is 7.09. The van der Waals surface area contributed by atoms with Crippen LogP contribution in [-0.4, -0.2) is 11.0 Å². The molecule has 0 aromatic carbocycles. The Morgan fingerprint density at radius 3 is 2.93 bits per heavy atom. The van der Waals surface area contributed by atoms with Crippen molar-refractivity contribution in [1.29, 1.82) is 0 Å². The molecular formula is C12H20N2S. The van der Waals surface area contributed by atoms with Gasteiger partial charge in [0.05, 0.1) is 10.7 Å². The molecule has 0 radical (unpaired) electrons. The quantitative estimate of drug-likeness (QED) is 0.853. The van der Waals surface area contributed by atoms with Gasteiger partial charge in [0.25, 0.3) is 0 Å². The van der Waals surface area contributed by atoms with Crippen LogP contribution in [0, 0.1) is 12.3 Å². The van der Waals surface area contributed by atoms with Crippen molar-refractivity contribution in [2.75, 3.05) is 0 Å². The van der Waals surface area contributed by atoms with E-state index in [-0.39, 0.29) is 0 Å². The van der Waals surface area contributed by atoms with Gasteiger partial charge in [0.1, 0.15) is 0 Å². The third-order valence-electron chi connectivity index (χ3n) is 3.21. The molecule has 2 rings (SSSR count). The Hall–Kier alpha value is -0.410. The number of hydrogen-bond donors (Lipinski definition) is 1. The molecule has 2 nitrogen and oxygen atoms in total. The van der Waals surface area contributed by atoms with Crippen LogP contribution in [0.15, 0.2) is 5.38 Å². The molecule has 0 aliphatic heterocycles. The third kappa shape index (κ3) is 3.02. The maximum atomic E-state index is 4.46. The third-order valence-corrected chi connectivity index (χ3v) is 4.03. The average molecular weight is 224 g/mol. The number of nitrogens with one attached hydrogen (secondary N) is 1. The van der Waals surface area contributed by atoms with Crippen LogP contribution in [0.25, 0.3) is 0 Å². The smallest absolute Gasteiger partial charge is 0.0897 e. The fourth-order valence-corrected chi connectivity index (χ4v) is 2.96. The van der Waals surface area contributed by atoms with E-state index >= 15 is 0 Å². The van der Waals surface area contributed by atoms with E-state index in [0.717, 1.165) is 6.54 Å². The van der Waals surface area contributed by atoms with Gasteiger partial charge in [-0.05, 0) is 31.6 Å². The monoisotopic (exact) mass is 224 g/mol. The number of aryl methyl sites for hydroxylation is 1. The van der Waals surface area contributed by atoms with E-state index in [1.807, 2.05) is 0 Å². The van der Waals surface area contributed by atoms with Crippen LogP contribution in [0.4, 0.5) is 0 Å². The second-order valence-corrected chi connectivity index (χ2v) is 6.40. The number of aromatic nitrogens is 1. The van der Waals surface area contributed by atoms with Crippen molar-refractivity contribution < 1.29 is 0 Å². The van der Waals surface area contributed by atoms with Gasteiger partial charge in [0.2, 0.25) is 0 Å². The van der Waals surface area contributed by atoms with Gasteiger partial charge in [-0.25, -0.2) is 4.98 Å². The molecule has 0 bridgehead atoms. The van der Waals surface area contributed by atoms with Gasteiger partial charge in [-0.15, -0.1) is 11.3 Å². The SMILES string of the molecule is Cc1nc(CNC2CCC(C)(C)C2)cs1. The molecule has 1 aliphatic rings. The minimum absolute atomic E-state index is 0.537. The van der Waals surface area contributed by atoms with Crippen molar-refractivity contribution in [3.63, 3.8) is 0 Å². The summed E-state index contributed by atoms with van der Waals surface area (Å²) in [5, 5.41) is 6.93. The first-order valence-corrected chi connectivity index (χ1v) is 6.57.